The van der Waals surface area contributed by atoms with Gasteiger partial charge in [-0.15, -0.1) is 0 Å². The van der Waals surface area contributed by atoms with Gasteiger partial charge >= 0.3 is 6.09 Å². The van der Waals surface area contributed by atoms with Crippen molar-refractivity contribution in [2.75, 3.05) is 6.54 Å². The molecule has 186 valence electrons. The SMILES string of the molecule is CC(C)(NC(=O)O)[C@H](NC(=O)c1ccc(C#Cc2ccc(CNCC(F)F)cc2)cc1)C(=O)NO. The van der Waals surface area contributed by atoms with Crippen LogP contribution < -0.4 is 21.4 Å². The van der Waals surface area contributed by atoms with Gasteiger partial charge < -0.3 is 21.1 Å². The monoisotopic (exact) mass is 488 g/mol. The molecule has 0 saturated heterocycles. The minimum atomic E-state index is -2.40. The number of carbonyl (C=O) groups excluding carboxylic acids is 2. The molecule has 0 radical (unpaired) electrons. The van der Waals surface area contributed by atoms with E-state index < -0.39 is 35.9 Å². The van der Waals surface area contributed by atoms with Gasteiger partial charge in [-0.1, -0.05) is 24.0 Å². The Kier molecular flexibility index (Phi) is 9.69. The number of amides is 3. The number of carbonyl (C=O) groups is 3. The minimum absolute atomic E-state index is 0.193. The molecule has 6 N–H and O–H groups in total. The van der Waals surface area contributed by atoms with Crippen molar-refractivity contribution in [3.05, 3.63) is 70.8 Å². The first-order chi connectivity index (χ1) is 16.5. The number of hydrogen-bond donors (Lipinski definition) is 6. The Balaban J connectivity index is 2.05. The summed E-state index contributed by atoms with van der Waals surface area (Å²) in [6.45, 7) is 2.72. The first-order valence-electron chi connectivity index (χ1n) is 10.5. The van der Waals surface area contributed by atoms with E-state index >= 15 is 0 Å². The third-order valence-electron chi connectivity index (χ3n) is 4.88. The smallest absolute Gasteiger partial charge is 0.405 e. The van der Waals surface area contributed by atoms with Crippen molar-refractivity contribution in [1.82, 2.24) is 21.4 Å². The number of hydrogen-bond acceptors (Lipinski definition) is 5. The number of halogens is 2. The van der Waals surface area contributed by atoms with Crippen LogP contribution in [0.15, 0.2) is 48.5 Å². The van der Waals surface area contributed by atoms with Crippen molar-refractivity contribution in [3.63, 3.8) is 0 Å². The largest absolute Gasteiger partial charge is 0.465 e. The molecule has 9 nitrogen and oxygen atoms in total. The van der Waals surface area contributed by atoms with Crippen molar-refractivity contribution in [2.45, 2.75) is 38.4 Å². The highest BCUT2D eigenvalue weighted by molar-refractivity contribution is 5.98. The van der Waals surface area contributed by atoms with Gasteiger partial charge in [-0.2, -0.15) is 0 Å². The summed E-state index contributed by atoms with van der Waals surface area (Å²) < 4.78 is 24.3. The third-order valence-corrected chi connectivity index (χ3v) is 4.88. The second kappa shape index (κ2) is 12.5. The molecule has 0 bridgehead atoms. The normalized spacial score (nSPS) is 11.7. The Morgan fingerprint density at radius 1 is 0.971 bits per heavy atom. The molecular weight excluding hydrogens is 462 g/mol. The van der Waals surface area contributed by atoms with E-state index in [1.807, 2.05) is 0 Å². The van der Waals surface area contributed by atoms with Crippen molar-refractivity contribution < 1.29 is 33.5 Å². The van der Waals surface area contributed by atoms with E-state index in [0.29, 0.717) is 12.1 Å². The highest BCUT2D eigenvalue weighted by atomic mass is 19.3. The van der Waals surface area contributed by atoms with Crippen LogP contribution >= 0.6 is 0 Å². The van der Waals surface area contributed by atoms with Crippen LogP contribution in [0.4, 0.5) is 13.6 Å². The lowest BCUT2D eigenvalue weighted by Crippen LogP contribution is -2.64. The molecule has 2 aromatic carbocycles. The Morgan fingerprint density at radius 2 is 1.51 bits per heavy atom. The van der Waals surface area contributed by atoms with E-state index in [9.17, 15) is 23.2 Å². The molecule has 11 heteroatoms. The highest BCUT2D eigenvalue weighted by Crippen LogP contribution is 2.12. The Morgan fingerprint density at radius 3 is 2.00 bits per heavy atom. The average molecular weight is 488 g/mol. The number of alkyl halides is 2. The predicted molar refractivity (Wildman–Crippen MR) is 123 cm³/mol. The molecule has 2 aromatic rings. The molecule has 0 aliphatic carbocycles. The van der Waals surface area contributed by atoms with Crippen LogP contribution in [0, 0.1) is 11.8 Å². The Bertz CT molecular complexity index is 1090. The molecule has 2 rings (SSSR count). The summed E-state index contributed by atoms with van der Waals surface area (Å²) in [6, 6.07) is 11.9. The summed E-state index contributed by atoms with van der Waals surface area (Å²) in [6.07, 6.45) is -3.80. The van der Waals surface area contributed by atoms with Crippen LogP contribution in [-0.2, 0) is 11.3 Å². The molecule has 0 saturated carbocycles. The van der Waals surface area contributed by atoms with Gasteiger partial charge in [0.2, 0.25) is 0 Å². The second-order valence-corrected chi connectivity index (χ2v) is 8.08. The summed E-state index contributed by atoms with van der Waals surface area (Å²) in [4.78, 5) is 35.6. The molecule has 0 aliphatic rings. The molecule has 0 spiro atoms. The van der Waals surface area contributed by atoms with E-state index in [0.717, 1.165) is 11.1 Å². The first-order valence-corrected chi connectivity index (χ1v) is 10.5. The van der Waals surface area contributed by atoms with Gasteiger partial charge in [0.1, 0.15) is 6.04 Å². The molecule has 3 amide bonds. The molecule has 0 unspecified atom stereocenters. The van der Waals surface area contributed by atoms with Crippen LogP contribution in [0.25, 0.3) is 0 Å². The predicted octanol–water partition coefficient (Wildman–Crippen LogP) is 2.09. The van der Waals surface area contributed by atoms with E-state index in [4.69, 9.17) is 10.3 Å². The van der Waals surface area contributed by atoms with Crippen molar-refractivity contribution in [1.29, 1.82) is 0 Å². The summed E-state index contributed by atoms with van der Waals surface area (Å²) >= 11 is 0. The van der Waals surface area contributed by atoms with Gasteiger partial charge in [-0.3, -0.25) is 14.8 Å². The van der Waals surface area contributed by atoms with Crippen molar-refractivity contribution in [3.8, 4) is 11.8 Å². The maximum Gasteiger partial charge on any atom is 0.405 e. The topological polar surface area (TPSA) is 140 Å². The van der Waals surface area contributed by atoms with Crippen LogP contribution in [0.1, 0.15) is 40.9 Å². The number of carboxylic acid groups (broad SMARTS) is 1. The molecule has 1 atom stereocenters. The molecular formula is C24H26F2N4O5. The lowest BCUT2D eigenvalue weighted by molar-refractivity contribution is -0.132. The second-order valence-electron chi connectivity index (χ2n) is 8.08. The molecule has 0 heterocycles. The minimum Gasteiger partial charge on any atom is -0.465 e. The molecule has 0 aliphatic heterocycles. The van der Waals surface area contributed by atoms with Crippen molar-refractivity contribution in [2.24, 2.45) is 0 Å². The zero-order chi connectivity index (χ0) is 26.0. The van der Waals surface area contributed by atoms with Gasteiger partial charge in [0.25, 0.3) is 18.2 Å². The lowest BCUT2D eigenvalue weighted by Gasteiger charge is -2.33. The summed E-state index contributed by atoms with van der Waals surface area (Å²) in [5, 5.41) is 25.1. The van der Waals surface area contributed by atoms with Crippen LogP contribution in [0.2, 0.25) is 0 Å². The Hall–Kier alpha value is -4.01. The fourth-order valence-electron chi connectivity index (χ4n) is 3.08. The highest BCUT2D eigenvalue weighted by Gasteiger charge is 2.38. The summed E-state index contributed by atoms with van der Waals surface area (Å²) in [5.74, 6) is 4.27. The number of hydroxylamine groups is 1. The molecule has 35 heavy (non-hydrogen) atoms. The Labute approximate surface area is 200 Å². The fourth-order valence-corrected chi connectivity index (χ4v) is 3.08. The van der Waals surface area contributed by atoms with Crippen LogP contribution in [0.5, 0.6) is 0 Å². The summed E-state index contributed by atoms with van der Waals surface area (Å²) in [5.41, 5.74) is 2.37. The maximum atomic E-state index is 12.6. The zero-order valence-electron chi connectivity index (χ0n) is 19.1. The third kappa shape index (κ3) is 8.69. The van der Waals surface area contributed by atoms with E-state index in [2.05, 4.69) is 27.8 Å². The standard InChI is InChI=1S/C24H26F2N4O5/c1-24(2,29-23(33)34)20(22(32)30-35)28-21(31)18-11-9-16(10-12-18)4-3-15-5-7-17(8-6-15)13-27-14-19(25)26/h5-12,19-20,27,29,35H,13-14H2,1-2H3,(H,28,31)(H,30,32)(H,33,34)/t20-/m1/s1. The van der Waals surface area contributed by atoms with Gasteiger partial charge in [-0.05, 0) is 55.8 Å². The van der Waals surface area contributed by atoms with Crippen LogP contribution in [-0.4, -0.2) is 52.8 Å². The van der Waals surface area contributed by atoms with Gasteiger partial charge in [0.05, 0.1) is 12.1 Å². The maximum absolute atomic E-state index is 12.6. The average Bonchev–Trinajstić information content (AvgIpc) is 2.80. The van der Waals surface area contributed by atoms with E-state index in [-0.39, 0.29) is 12.1 Å². The number of nitrogens with one attached hydrogen (secondary N) is 4. The summed E-state index contributed by atoms with van der Waals surface area (Å²) in [7, 11) is 0. The van der Waals surface area contributed by atoms with Gasteiger partial charge in [0, 0.05) is 23.2 Å². The number of rotatable bonds is 9. The first kappa shape index (κ1) is 27.2. The van der Waals surface area contributed by atoms with Crippen molar-refractivity contribution >= 4 is 17.9 Å². The molecule has 0 aromatic heterocycles. The lowest BCUT2D eigenvalue weighted by atomic mass is 9.93. The quantitative estimate of drug-likeness (QED) is 0.182. The number of benzene rings is 2. The fraction of sp³-hybridized carbons (Fsp3) is 0.292. The van der Waals surface area contributed by atoms with Gasteiger partial charge in [0.15, 0.2) is 0 Å². The molecule has 0 fully saturated rings. The zero-order valence-corrected chi connectivity index (χ0v) is 19.1. The van der Waals surface area contributed by atoms with Crippen LogP contribution in [0.3, 0.4) is 0 Å². The van der Waals surface area contributed by atoms with E-state index in [1.165, 1.54) is 31.5 Å². The van der Waals surface area contributed by atoms with E-state index in [1.54, 1.807) is 36.4 Å². The van der Waals surface area contributed by atoms with Gasteiger partial charge in [-0.25, -0.2) is 19.1 Å².